The molecule has 2 N–H and O–H groups in total. The number of benzene rings is 1. The highest BCUT2D eigenvalue weighted by atomic mass is 19.1. The summed E-state index contributed by atoms with van der Waals surface area (Å²) in [6, 6.07) is 3.48. The van der Waals surface area contributed by atoms with Gasteiger partial charge in [0.05, 0.1) is 6.61 Å². The van der Waals surface area contributed by atoms with Gasteiger partial charge in [0.25, 0.3) is 5.91 Å². The fourth-order valence-electron chi connectivity index (χ4n) is 1.60. The van der Waals surface area contributed by atoms with Crippen LogP contribution in [0.15, 0.2) is 24.3 Å². The highest BCUT2D eigenvalue weighted by Gasteiger charge is 2.22. The van der Waals surface area contributed by atoms with E-state index in [1.54, 1.807) is 6.92 Å². The number of aliphatic carboxylic acids is 1. The van der Waals surface area contributed by atoms with Crippen LogP contribution in [0, 0.1) is 5.82 Å². The zero-order chi connectivity index (χ0) is 15.8. The summed E-state index contributed by atoms with van der Waals surface area (Å²) in [6.45, 7) is 1.85. The van der Waals surface area contributed by atoms with Crippen molar-refractivity contribution >= 4 is 17.8 Å². The minimum atomic E-state index is -1.25. The van der Waals surface area contributed by atoms with E-state index in [1.807, 2.05) is 0 Å². The maximum absolute atomic E-state index is 12.7. The first-order valence-corrected chi connectivity index (χ1v) is 6.39. The number of halogens is 1. The van der Waals surface area contributed by atoms with Gasteiger partial charge >= 0.3 is 11.9 Å². The highest BCUT2D eigenvalue weighted by molar-refractivity contribution is 5.96. The second-order valence-corrected chi connectivity index (χ2v) is 4.21. The minimum absolute atomic E-state index is 0.0822. The molecular weight excluding hydrogens is 281 g/mol. The van der Waals surface area contributed by atoms with Crippen LogP contribution in [0.2, 0.25) is 0 Å². The zero-order valence-electron chi connectivity index (χ0n) is 11.5. The smallest absolute Gasteiger partial charge is 0.326 e. The van der Waals surface area contributed by atoms with Crippen LogP contribution in [0.5, 0.6) is 0 Å². The normalized spacial score (nSPS) is 11.5. The van der Waals surface area contributed by atoms with Crippen LogP contribution >= 0.6 is 0 Å². The van der Waals surface area contributed by atoms with Gasteiger partial charge in [-0.15, -0.1) is 0 Å². The summed E-state index contributed by atoms with van der Waals surface area (Å²) in [5.41, 5.74) is 0.138. The Labute approximate surface area is 120 Å². The number of esters is 1. The second kappa shape index (κ2) is 7.98. The molecule has 7 heteroatoms. The van der Waals surface area contributed by atoms with Gasteiger partial charge in [-0.25, -0.2) is 9.18 Å². The van der Waals surface area contributed by atoms with Crippen LogP contribution in [0.3, 0.4) is 0 Å². The summed E-state index contributed by atoms with van der Waals surface area (Å²) in [5.74, 6) is -2.93. The van der Waals surface area contributed by atoms with Gasteiger partial charge in [-0.3, -0.25) is 9.59 Å². The number of rotatable bonds is 7. The molecule has 0 fully saturated rings. The van der Waals surface area contributed by atoms with Gasteiger partial charge in [-0.05, 0) is 37.6 Å². The van der Waals surface area contributed by atoms with Gasteiger partial charge in [0.1, 0.15) is 11.9 Å². The second-order valence-electron chi connectivity index (χ2n) is 4.21. The molecule has 0 saturated carbocycles. The lowest BCUT2D eigenvalue weighted by molar-refractivity contribution is -0.144. The fourth-order valence-corrected chi connectivity index (χ4v) is 1.60. The molecule has 1 aromatic carbocycles. The van der Waals surface area contributed by atoms with Crippen molar-refractivity contribution in [2.75, 3.05) is 6.61 Å². The standard InChI is InChI=1S/C14H16FNO5/c1-2-21-12(17)8-7-11(14(19)20)16-13(18)9-3-5-10(15)6-4-9/h3-6,11H,2,7-8H2,1H3,(H,16,18)(H,19,20)/t11-/m0/s1. The first-order chi connectivity index (χ1) is 9.93. The Morgan fingerprint density at radius 1 is 1.29 bits per heavy atom. The average molecular weight is 297 g/mol. The molecule has 1 aromatic rings. The van der Waals surface area contributed by atoms with E-state index in [0.717, 1.165) is 12.1 Å². The van der Waals surface area contributed by atoms with Crippen LogP contribution in [0.25, 0.3) is 0 Å². The Kier molecular flexibility index (Phi) is 6.32. The molecule has 21 heavy (non-hydrogen) atoms. The quantitative estimate of drug-likeness (QED) is 0.741. The molecule has 1 atom stereocenters. The Morgan fingerprint density at radius 2 is 1.90 bits per heavy atom. The van der Waals surface area contributed by atoms with Crippen molar-refractivity contribution in [3.8, 4) is 0 Å². The molecular formula is C14H16FNO5. The third-order valence-electron chi connectivity index (χ3n) is 2.65. The van der Waals surface area contributed by atoms with Crippen molar-refractivity contribution in [3.05, 3.63) is 35.6 Å². The van der Waals surface area contributed by atoms with Crippen molar-refractivity contribution in [2.45, 2.75) is 25.8 Å². The van der Waals surface area contributed by atoms with E-state index in [0.29, 0.717) is 0 Å². The number of carbonyl (C=O) groups is 3. The van der Waals surface area contributed by atoms with E-state index < -0.39 is 29.7 Å². The number of ether oxygens (including phenoxy) is 1. The molecule has 0 bridgehead atoms. The third-order valence-corrected chi connectivity index (χ3v) is 2.65. The number of amides is 1. The fraction of sp³-hybridized carbons (Fsp3) is 0.357. The monoisotopic (exact) mass is 297 g/mol. The summed E-state index contributed by atoms with van der Waals surface area (Å²) < 4.78 is 17.4. The molecule has 0 aliphatic carbocycles. The van der Waals surface area contributed by atoms with Crippen LogP contribution in [0.4, 0.5) is 4.39 Å². The Hall–Kier alpha value is -2.44. The first kappa shape index (κ1) is 16.6. The van der Waals surface area contributed by atoms with Crippen molar-refractivity contribution in [3.63, 3.8) is 0 Å². The molecule has 0 aliphatic heterocycles. The molecule has 1 rings (SSSR count). The van der Waals surface area contributed by atoms with E-state index in [-0.39, 0.29) is 25.0 Å². The molecule has 0 aromatic heterocycles. The van der Waals surface area contributed by atoms with E-state index in [1.165, 1.54) is 12.1 Å². The predicted octanol–water partition coefficient (Wildman–Crippen LogP) is 1.35. The van der Waals surface area contributed by atoms with Crippen LogP contribution < -0.4 is 5.32 Å². The van der Waals surface area contributed by atoms with Gasteiger partial charge in [-0.1, -0.05) is 0 Å². The number of hydrogen-bond donors (Lipinski definition) is 2. The summed E-state index contributed by atoms with van der Waals surface area (Å²) >= 11 is 0. The number of carboxylic acid groups (broad SMARTS) is 1. The van der Waals surface area contributed by atoms with Gasteiger partial charge < -0.3 is 15.2 Å². The Morgan fingerprint density at radius 3 is 2.43 bits per heavy atom. The van der Waals surface area contributed by atoms with Crippen LogP contribution in [0.1, 0.15) is 30.1 Å². The molecule has 0 aliphatic rings. The minimum Gasteiger partial charge on any atom is -0.480 e. The molecule has 1 amide bonds. The molecule has 0 saturated heterocycles. The maximum Gasteiger partial charge on any atom is 0.326 e. The van der Waals surface area contributed by atoms with Crippen molar-refractivity contribution in [2.24, 2.45) is 0 Å². The summed E-state index contributed by atoms with van der Waals surface area (Å²) in [6.07, 6.45) is -0.199. The molecule has 114 valence electrons. The number of carboxylic acids is 1. The predicted molar refractivity (Wildman–Crippen MR) is 71.2 cm³/mol. The van der Waals surface area contributed by atoms with E-state index in [9.17, 15) is 18.8 Å². The summed E-state index contributed by atoms with van der Waals surface area (Å²) in [5, 5.41) is 11.3. The summed E-state index contributed by atoms with van der Waals surface area (Å²) in [4.78, 5) is 34.1. The van der Waals surface area contributed by atoms with Gasteiger partial charge in [0.2, 0.25) is 0 Å². The van der Waals surface area contributed by atoms with Gasteiger partial charge in [0.15, 0.2) is 0 Å². The van der Waals surface area contributed by atoms with Gasteiger partial charge in [-0.2, -0.15) is 0 Å². The molecule has 0 radical (unpaired) electrons. The average Bonchev–Trinajstić information content (AvgIpc) is 2.43. The molecule has 0 heterocycles. The highest BCUT2D eigenvalue weighted by Crippen LogP contribution is 2.05. The van der Waals surface area contributed by atoms with Crippen molar-refractivity contribution < 1.29 is 28.6 Å². The van der Waals surface area contributed by atoms with E-state index in [4.69, 9.17) is 5.11 Å². The Bertz CT molecular complexity index is 515. The zero-order valence-corrected chi connectivity index (χ0v) is 11.5. The largest absolute Gasteiger partial charge is 0.480 e. The van der Waals surface area contributed by atoms with Crippen molar-refractivity contribution in [1.82, 2.24) is 5.32 Å². The van der Waals surface area contributed by atoms with Crippen LogP contribution in [-0.4, -0.2) is 35.6 Å². The number of carbonyl (C=O) groups excluding carboxylic acids is 2. The van der Waals surface area contributed by atoms with E-state index >= 15 is 0 Å². The van der Waals surface area contributed by atoms with Crippen molar-refractivity contribution in [1.29, 1.82) is 0 Å². The van der Waals surface area contributed by atoms with Crippen LogP contribution in [-0.2, 0) is 14.3 Å². The number of nitrogens with one attached hydrogen (secondary N) is 1. The summed E-state index contributed by atoms with van der Waals surface area (Å²) in [7, 11) is 0. The number of hydrogen-bond acceptors (Lipinski definition) is 4. The topological polar surface area (TPSA) is 92.7 Å². The molecule has 0 spiro atoms. The maximum atomic E-state index is 12.7. The Balaban J connectivity index is 2.61. The third kappa shape index (κ3) is 5.60. The van der Waals surface area contributed by atoms with E-state index in [2.05, 4.69) is 10.1 Å². The van der Waals surface area contributed by atoms with Gasteiger partial charge in [0, 0.05) is 12.0 Å². The lowest BCUT2D eigenvalue weighted by Gasteiger charge is -2.14. The lowest BCUT2D eigenvalue weighted by Crippen LogP contribution is -2.41. The molecule has 6 nitrogen and oxygen atoms in total. The molecule has 0 unspecified atom stereocenters. The lowest BCUT2D eigenvalue weighted by atomic mass is 10.1. The SMILES string of the molecule is CCOC(=O)CC[C@H](NC(=O)c1ccc(F)cc1)C(=O)O. The first-order valence-electron chi connectivity index (χ1n) is 6.39.